The molecule has 2 aromatic carbocycles. The molecule has 0 aliphatic carbocycles. The number of hydrogen-bond donors (Lipinski definition) is 1. The molecule has 0 unspecified atom stereocenters. The van der Waals surface area contributed by atoms with Crippen LogP contribution in [0.4, 0.5) is 0 Å². The summed E-state index contributed by atoms with van der Waals surface area (Å²) in [6.07, 6.45) is 7.39. The molecule has 2 heterocycles. The number of nitrogens with one attached hydrogen (secondary N) is 1. The van der Waals surface area contributed by atoms with Crippen LogP contribution in [0.25, 0.3) is 0 Å². The summed E-state index contributed by atoms with van der Waals surface area (Å²) in [6.45, 7) is 4.24. The average molecular weight is 467 g/mol. The van der Waals surface area contributed by atoms with Gasteiger partial charge in [0.15, 0.2) is 0 Å². The molecule has 30 heavy (non-hydrogen) atoms. The number of likely N-dealkylation sites (tertiary alicyclic amines) is 1. The minimum Gasteiger partial charge on any atom is -0.352 e. The van der Waals surface area contributed by atoms with Crippen molar-refractivity contribution < 1.29 is 4.79 Å². The maximum absolute atomic E-state index is 12.7. The van der Waals surface area contributed by atoms with E-state index in [9.17, 15) is 4.79 Å². The molecule has 4 rings (SSSR count). The van der Waals surface area contributed by atoms with Gasteiger partial charge >= 0.3 is 0 Å². The largest absolute Gasteiger partial charge is 0.352 e. The van der Waals surface area contributed by atoms with Crippen LogP contribution in [0, 0.1) is 5.92 Å². The lowest BCUT2D eigenvalue weighted by molar-refractivity contribution is -0.126. The fraction of sp³-hybridized carbons (Fsp3) is 0.333. The third-order valence-electron chi connectivity index (χ3n) is 5.64. The van der Waals surface area contributed by atoms with E-state index in [1.165, 1.54) is 11.1 Å². The molecule has 0 atom stereocenters. The Hall–Kier alpha value is -2.44. The zero-order chi connectivity index (χ0) is 20.8. The minimum atomic E-state index is 0.109. The number of piperidine rings is 1. The Balaban J connectivity index is 1.23. The number of halogens is 1. The van der Waals surface area contributed by atoms with Crippen LogP contribution in [-0.2, 0) is 24.4 Å². The summed E-state index contributed by atoms with van der Waals surface area (Å²) in [5, 5.41) is 3.14. The highest BCUT2D eigenvalue weighted by Gasteiger charge is 2.24. The molecule has 0 saturated carbocycles. The summed E-state index contributed by atoms with van der Waals surface area (Å²) in [5.41, 5.74) is 3.65. The van der Waals surface area contributed by atoms with Gasteiger partial charge in [0.2, 0.25) is 5.91 Å². The second kappa shape index (κ2) is 10.0. The van der Waals surface area contributed by atoms with Gasteiger partial charge in [-0.15, -0.1) is 0 Å². The highest BCUT2D eigenvalue weighted by molar-refractivity contribution is 9.10. The Morgan fingerprint density at radius 3 is 2.50 bits per heavy atom. The molecule has 1 saturated heterocycles. The van der Waals surface area contributed by atoms with E-state index in [1.807, 2.05) is 29.2 Å². The third kappa shape index (κ3) is 5.80. The summed E-state index contributed by atoms with van der Waals surface area (Å²) >= 11 is 3.54. The molecule has 1 amide bonds. The minimum absolute atomic E-state index is 0.109. The predicted octanol–water partition coefficient (Wildman–Crippen LogP) is 4.22. The molecular formula is C24H27BrN4O. The lowest BCUT2D eigenvalue weighted by Gasteiger charge is -2.31. The van der Waals surface area contributed by atoms with E-state index in [0.717, 1.165) is 49.1 Å². The van der Waals surface area contributed by atoms with Gasteiger partial charge in [-0.1, -0.05) is 52.3 Å². The van der Waals surface area contributed by atoms with E-state index < -0.39 is 0 Å². The van der Waals surface area contributed by atoms with E-state index in [1.54, 1.807) is 6.20 Å². The van der Waals surface area contributed by atoms with Gasteiger partial charge in [-0.25, -0.2) is 4.98 Å². The Bertz CT molecular complexity index is 965. The monoisotopic (exact) mass is 466 g/mol. The van der Waals surface area contributed by atoms with Gasteiger partial charge in [0.1, 0.15) is 0 Å². The Labute approximate surface area is 186 Å². The number of carbonyl (C=O) groups is 1. The van der Waals surface area contributed by atoms with Crippen molar-refractivity contribution in [3.05, 3.63) is 88.4 Å². The number of amides is 1. The molecule has 3 aromatic rings. The van der Waals surface area contributed by atoms with Crippen molar-refractivity contribution in [1.82, 2.24) is 19.8 Å². The van der Waals surface area contributed by atoms with Crippen LogP contribution in [0.5, 0.6) is 0 Å². The van der Waals surface area contributed by atoms with Gasteiger partial charge in [0, 0.05) is 42.4 Å². The lowest BCUT2D eigenvalue weighted by Crippen LogP contribution is -2.40. The number of carbonyl (C=O) groups excluding carboxylic acids is 1. The summed E-state index contributed by atoms with van der Waals surface area (Å²) in [6, 6.07) is 16.8. The molecule has 1 aromatic heterocycles. The number of benzene rings is 2. The average Bonchev–Trinajstić information content (AvgIpc) is 3.26. The number of imidazole rings is 1. The first-order chi connectivity index (χ1) is 14.7. The normalized spacial score (nSPS) is 15.2. The zero-order valence-corrected chi connectivity index (χ0v) is 18.6. The Morgan fingerprint density at radius 1 is 1.03 bits per heavy atom. The fourth-order valence-corrected chi connectivity index (χ4v) is 4.46. The number of nitrogens with zero attached hydrogens (tertiary/aromatic N) is 3. The standard InChI is InChI=1S/C24H27BrN4O/c25-23-6-2-5-21(14-23)16-28-10-7-22(8-11-28)24(30)27-15-19-3-1-4-20(13-19)17-29-12-9-26-18-29/h1-6,9,12-14,18,22H,7-8,10-11,15-17H2,(H,27,30). The van der Waals surface area contributed by atoms with Crippen LogP contribution in [0.3, 0.4) is 0 Å². The van der Waals surface area contributed by atoms with Gasteiger partial charge in [0.05, 0.1) is 6.33 Å². The topological polar surface area (TPSA) is 50.2 Å². The van der Waals surface area contributed by atoms with Crippen LogP contribution >= 0.6 is 15.9 Å². The van der Waals surface area contributed by atoms with E-state index in [4.69, 9.17) is 0 Å². The fourth-order valence-electron chi connectivity index (χ4n) is 4.01. The molecule has 5 nitrogen and oxygen atoms in total. The summed E-state index contributed by atoms with van der Waals surface area (Å²) < 4.78 is 3.16. The third-order valence-corrected chi connectivity index (χ3v) is 6.13. The molecule has 1 N–H and O–H groups in total. The van der Waals surface area contributed by atoms with Crippen molar-refractivity contribution >= 4 is 21.8 Å². The molecule has 0 spiro atoms. The summed E-state index contributed by atoms with van der Waals surface area (Å²) in [5.74, 6) is 0.287. The van der Waals surface area contributed by atoms with Crippen molar-refractivity contribution in [2.45, 2.75) is 32.5 Å². The van der Waals surface area contributed by atoms with E-state index in [0.29, 0.717) is 6.54 Å². The van der Waals surface area contributed by atoms with Crippen LogP contribution in [0.1, 0.15) is 29.5 Å². The second-order valence-corrected chi connectivity index (χ2v) is 8.87. The van der Waals surface area contributed by atoms with Crippen molar-refractivity contribution in [3.8, 4) is 0 Å². The van der Waals surface area contributed by atoms with Gasteiger partial charge < -0.3 is 9.88 Å². The first kappa shape index (κ1) is 20.8. The van der Waals surface area contributed by atoms with E-state index in [-0.39, 0.29) is 11.8 Å². The number of rotatable bonds is 7. The maximum Gasteiger partial charge on any atom is 0.223 e. The smallest absolute Gasteiger partial charge is 0.223 e. The first-order valence-electron chi connectivity index (χ1n) is 10.4. The molecule has 6 heteroatoms. The molecule has 0 radical (unpaired) electrons. The summed E-state index contributed by atoms with van der Waals surface area (Å²) in [7, 11) is 0. The molecule has 1 aliphatic rings. The van der Waals surface area contributed by atoms with Crippen LogP contribution in [-0.4, -0.2) is 33.4 Å². The maximum atomic E-state index is 12.7. The molecule has 0 bridgehead atoms. The van der Waals surface area contributed by atoms with Gasteiger partial charge in [0.25, 0.3) is 0 Å². The quantitative estimate of drug-likeness (QED) is 0.566. The van der Waals surface area contributed by atoms with Gasteiger partial charge in [-0.2, -0.15) is 0 Å². The number of hydrogen-bond acceptors (Lipinski definition) is 3. The van der Waals surface area contributed by atoms with Gasteiger partial charge in [-0.05, 0) is 54.8 Å². The van der Waals surface area contributed by atoms with Crippen LogP contribution in [0.15, 0.2) is 71.7 Å². The molecule has 156 valence electrons. The van der Waals surface area contributed by atoms with Crippen LogP contribution in [0.2, 0.25) is 0 Å². The highest BCUT2D eigenvalue weighted by atomic mass is 79.9. The SMILES string of the molecule is O=C(NCc1cccc(Cn2ccnc2)c1)C1CCN(Cc2cccc(Br)c2)CC1. The number of aromatic nitrogens is 2. The Kier molecular flexibility index (Phi) is 6.97. The van der Waals surface area contributed by atoms with E-state index >= 15 is 0 Å². The Morgan fingerprint density at radius 2 is 1.77 bits per heavy atom. The first-order valence-corrected chi connectivity index (χ1v) is 11.2. The van der Waals surface area contributed by atoms with Crippen molar-refractivity contribution in [2.75, 3.05) is 13.1 Å². The van der Waals surface area contributed by atoms with Crippen molar-refractivity contribution in [3.63, 3.8) is 0 Å². The zero-order valence-electron chi connectivity index (χ0n) is 17.0. The lowest BCUT2D eigenvalue weighted by atomic mass is 9.95. The second-order valence-electron chi connectivity index (χ2n) is 7.95. The molecule has 1 aliphatic heterocycles. The van der Waals surface area contributed by atoms with Crippen LogP contribution < -0.4 is 5.32 Å². The van der Waals surface area contributed by atoms with Gasteiger partial charge in [-0.3, -0.25) is 9.69 Å². The van der Waals surface area contributed by atoms with E-state index in [2.05, 4.69) is 67.5 Å². The summed E-state index contributed by atoms with van der Waals surface area (Å²) in [4.78, 5) is 19.2. The van der Waals surface area contributed by atoms with Crippen molar-refractivity contribution in [2.24, 2.45) is 5.92 Å². The highest BCUT2D eigenvalue weighted by Crippen LogP contribution is 2.21. The predicted molar refractivity (Wildman–Crippen MR) is 122 cm³/mol. The van der Waals surface area contributed by atoms with Crippen molar-refractivity contribution in [1.29, 1.82) is 0 Å². The molecular weight excluding hydrogens is 440 g/mol. The molecule has 1 fully saturated rings.